The first-order chi connectivity index (χ1) is 16.0. The van der Waals surface area contributed by atoms with Crippen molar-refractivity contribution >= 4 is 28.3 Å². The van der Waals surface area contributed by atoms with Crippen LogP contribution < -0.4 is 10.5 Å². The molecule has 3 heterocycles. The van der Waals surface area contributed by atoms with Crippen molar-refractivity contribution in [2.45, 2.75) is 26.0 Å². The largest absolute Gasteiger partial charge is 0.470 e. The number of hydrogen-bond donors (Lipinski definition) is 2. The molecule has 2 aromatic heterocycles. The summed E-state index contributed by atoms with van der Waals surface area (Å²) in [4.78, 5) is 14.4. The van der Waals surface area contributed by atoms with Gasteiger partial charge in [-0.05, 0) is 55.8 Å². The minimum atomic E-state index is -0.728. The topological polar surface area (TPSA) is 80.1 Å². The van der Waals surface area contributed by atoms with Gasteiger partial charge in [-0.3, -0.25) is 4.90 Å². The number of ether oxygens (including phenoxy) is 1. The van der Waals surface area contributed by atoms with Crippen LogP contribution in [0.2, 0.25) is 5.02 Å². The van der Waals surface area contributed by atoms with Crippen molar-refractivity contribution in [2.75, 3.05) is 18.8 Å². The molecular formula is C24H22ClF2N5O. The van der Waals surface area contributed by atoms with E-state index in [4.69, 9.17) is 22.1 Å². The van der Waals surface area contributed by atoms with Crippen LogP contribution >= 0.6 is 11.6 Å². The van der Waals surface area contributed by atoms with E-state index in [1.54, 1.807) is 6.20 Å². The van der Waals surface area contributed by atoms with E-state index in [1.165, 1.54) is 18.4 Å². The van der Waals surface area contributed by atoms with E-state index < -0.39 is 11.6 Å². The van der Waals surface area contributed by atoms with Gasteiger partial charge in [-0.2, -0.15) is 0 Å². The lowest BCUT2D eigenvalue weighted by molar-refractivity contribution is 0.288. The lowest BCUT2D eigenvalue weighted by Gasteiger charge is -2.14. The molecule has 0 aliphatic carbocycles. The van der Waals surface area contributed by atoms with Gasteiger partial charge in [-0.15, -0.1) is 0 Å². The summed E-state index contributed by atoms with van der Waals surface area (Å²) in [6.07, 6.45) is 6.09. The highest BCUT2D eigenvalue weighted by Crippen LogP contribution is 2.30. The monoisotopic (exact) mass is 469 g/mol. The molecule has 9 heteroatoms. The van der Waals surface area contributed by atoms with E-state index in [2.05, 4.69) is 25.9 Å². The number of likely N-dealkylation sites (tertiary alicyclic amines) is 1. The first-order valence-corrected chi connectivity index (χ1v) is 11.1. The number of hydrogen-bond acceptors (Lipinski definition) is 5. The number of aromatic nitrogens is 3. The number of H-pyrrole nitrogens is 1. The van der Waals surface area contributed by atoms with Crippen molar-refractivity contribution in [1.29, 1.82) is 0 Å². The van der Waals surface area contributed by atoms with Gasteiger partial charge in [-0.25, -0.2) is 18.7 Å². The molecule has 2 aromatic carbocycles. The van der Waals surface area contributed by atoms with E-state index >= 15 is 0 Å². The van der Waals surface area contributed by atoms with E-state index in [0.717, 1.165) is 48.2 Å². The fourth-order valence-corrected chi connectivity index (χ4v) is 4.33. The minimum Gasteiger partial charge on any atom is -0.470 e. The molecule has 33 heavy (non-hydrogen) atoms. The second-order valence-corrected chi connectivity index (χ2v) is 8.49. The average molecular weight is 470 g/mol. The fraction of sp³-hybridized carbons (Fsp3) is 0.250. The first-order valence-electron chi connectivity index (χ1n) is 10.7. The molecule has 0 spiro atoms. The number of nitrogens with zero attached hydrogens (tertiary/aromatic N) is 3. The summed E-state index contributed by atoms with van der Waals surface area (Å²) in [6, 6.07) is 7.96. The summed E-state index contributed by atoms with van der Waals surface area (Å²) >= 11 is 5.88. The van der Waals surface area contributed by atoms with Gasteiger partial charge in [0.2, 0.25) is 0 Å². The van der Waals surface area contributed by atoms with Gasteiger partial charge in [0.05, 0.1) is 16.9 Å². The quantitative estimate of drug-likeness (QED) is 0.374. The van der Waals surface area contributed by atoms with Crippen LogP contribution in [0.1, 0.15) is 24.0 Å². The van der Waals surface area contributed by atoms with E-state index in [-0.39, 0.29) is 28.9 Å². The number of anilines is 1. The predicted molar refractivity (Wildman–Crippen MR) is 124 cm³/mol. The highest BCUT2D eigenvalue weighted by Gasteiger charge is 2.17. The van der Waals surface area contributed by atoms with Gasteiger partial charge in [0, 0.05) is 34.8 Å². The molecule has 4 aromatic rings. The van der Waals surface area contributed by atoms with Crippen molar-refractivity contribution in [3.05, 3.63) is 70.5 Å². The first kappa shape index (κ1) is 21.6. The van der Waals surface area contributed by atoms with Crippen LogP contribution in [0.15, 0.2) is 42.7 Å². The molecule has 0 unspecified atom stereocenters. The van der Waals surface area contributed by atoms with Crippen LogP contribution in [0.25, 0.3) is 22.2 Å². The Labute approximate surface area is 194 Å². The molecule has 0 bridgehead atoms. The lowest BCUT2D eigenvalue weighted by atomic mass is 10.1. The maximum Gasteiger partial charge on any atom is 0.258 e. The number of nitrogens with two attached hydrogens (primary N) is 1. The minimum absolute atomic E-state index is 0.0266. The zero-order chi connectivity index (χ0) is 22.9. The molecule has 1 saturated heterocycles. The second kappa shape index (κ2) is 8.96. The molecule has 170 valence electrons. The van der Waals surface area contributed by atoms with Gasteiger partial charge in [0.15, 0.2) is 5.82 Å². The van der Waals surface area contributed by atoms with Gasteiger partial charge in [0.1, 0.15) is 18.2 Å². The highest BCUT2D eigenvalue weighted by atomic mass is 35.5. The number of nitrogens with one attached hydrogen (secondary N) is 1. The molecule has 0 radical (unpaired) electrons. The molecule has 1 aliphatic heterocycles. The van der Waals surface area contributed by atoms with Crippen LogP contribution in [0, 0.1) is 11.6 Å². The molecule has 3 N–H and O–H groups in total. The number of rotatable bonds is 6. The average Bonchev–Trinajstić information content (AvgIpc) is 3.48. The molecule has 0 atom stereocenters. The summed E-state index contributed by atoms with van der Waals surface area (Å²) in [6.45, 7) is 2.80. The van der Waals surface area contributed by atoms with Crippen molar-refractivity contribution in [3.63, 3.8) is 0 Å². The summed E-state index contributed by atoms with van der Waals surface area (Å²) in [5, 5.41) is 0.787. The van der Waals surface area contributed by atoms with Gasteiger partial charge in [0.25, 0.3) is 5.88 Å². The molecule has 0 amide bonds. The summed E-state index contributed by atoms with van der Waals surface area (Å²) < 4.78 is 33.4. The number of halogens is 3. The Hall–Kier alpha value is -3.23. The molecule has 5 rings (SSSR count). The molecule has 1 fully saturated rings. The predicted octanol–water partition coefficient (Wildman–Crippen LogP) is 5.31. The van der Waals surface area contributed by atoms with Crippen LogP contribution in [0.3, 0.4) is 0 Å². The number of benzene rings is 2. The maximum atomic E-state index is 14.1. The van der Waals surface area contributed by atoms with Crippen molar-refractivity contribution in [1.82, 2.24) is 19.9 Å². The number of fused-ring (bicyclic) bond motifs is 1. The summed E-state index contributed by atoms with van der Waals surface area (Å²) in [5.41, 5.74) is 9.48. The van der Waals surface area contributed by atoms with Gasteiger partial charge >= 0.3 is 0 Å². The molecule has 6 nitrogen and oxygen atoms in total. The Morgan fingerprint density at radius 3 is 2.73 bits per heavy atom. The Balaban J connectivity index is 1.42. The highest BCUT2D eigenvalue weighted by molar-refractivity contribution is 6.31. The van der Waals surface area contributed by atoms with Crippen molar-refractivity contribution in [3.8, 4) is 17.1 Å². The van der Waals surface area contributed by atoms with Gasteiger partial charge in [-0.1, -0.05) is 17.7 Å². The third-order valence-electron chi connectivity index (χ3n) is 5.91. The number of nitrogen functional groups attached to an aromatic ring is 1. The normalized spacial score (nSPS) is 14.3. The van der Waals surface area contributed by atoms with Crippen LogP contribution in [-0.2, 0) is 13.2 Å². The summed E-state index contributed by atoms with van der Waals surface area (Å²) in [5.74, 6) is -1.33. The Morgan fingerprint density at radius 2 is 1.91 bits per heavy atom. The van der Waals surface area contributed by atoms with Crippen LogP contribution in [-0.4, -0.2) is 32.9 Å². The standard InChI is InChI=1S/C24H22ClF2N5O/c25-22-17(18(26)4-5-19(22)27)13-33-24-23(28)30-11-21(31-24)14-3-6-20-16(9-14)15(10-29-20)12-32-7-1-2-8-32/h3-6,9-11,29H,1-2,7-8,12-13H2,(H2,28,30). The zero-order valence-electron chi connectivity index (χ0n) is 17.7. The third kappa shape index (κ3) is 4.36. The van der Waals surface area contributed by atoms with Crippen LogP contribution in [0.4, 0.5) is 14.6 Å². The third-order valence-corrected chi connectivity index (χ3v) is 6.32. The zero-order valence-corrected chi connectivity index (χ0v) is 18.5. The van der Waals surface area contributed by atoms with Crippen molar-refractivity contribution < 1.29 is 13.5 Å². The lowest BCUT2D eigenvalue weighted by Crippen LogP contribution is -2.18. The molecular weight excluding hydrogens is 448 g/mol. The smallest absolute Gasteiger partial charge is 0.258 e. The maximum absolute atomic E-state index is 14.1. The molecule has 0 saturated carbocycles. The Kier molecular flexibility index (Phi) is 5.86. The van der Waals surface area contributed by atoms with E-state index in [9.17, 15) is 8.78 Å². The van der Waals surface area contributed by atoms with Crippen LogP contribution in [0.5, 0.6) is 5.88 Å². The van der Waals surface area contributed by atoms with Crippen molar-refractivity contribution in [2.24, 2.45) is 0 Å². The SMILES string of the molecule is Nc1ncc(-c2ccc3[nH]cc(CN4CCCC4)c3c2)nc1OCc1c(F)ccc(F)c1Cl. The molecule has 1 aliphatic rings. The second-order valence-electron chi connectivity index (χ2n) is 8.11. The summed E-state index contributed by atoms with van der Waals surface area (Å²) in [7, 11) is 0. The van der Waals surface area contributed by atoms with E-state index in [0.29, 0.717) is 5.69 Å². The van der Waals surface area contributed by atoms with Gasteiger partial charge < -0.3 is 15.5 Å². The Bertz CT molecular complexity index is 1320. The number of aromatic amines is 1. The fourth-order valence-electron chi connectivity index (χ4n) is 4.12. The Morgan fingerprint density at radius 1 is 1.12 bits per heavy atom. The van der Waals surface area contributed by atoms with E-state index in [1.807, 2.05) is 18.3 Å².